The molecular weight excluding hydrogens is 290 g/mol. The van der Waals surface area contributed by atoms with Crippen molar-refractivity contribution < 1.29 is 14.6 Å². The Balaban J connectivity index is 2.10. The highest BCUT2D eigenvalue weighted by Gasteiger charge is 2.30. The molecule has 1 aliphatic rings. The number of methoxy groups -OCH3 is 2. The number of halogens is 1. The van der Waals surface area contributed by atoms with Gasteiger partial charge in [0.15, 0.2) is 11.5 Å². The minimum atomic E-state index is -0.155. The molecule has 1 saturated carbocycles. The highest BCUT2D eigenvalue weighted by Crippen LogP contribution is 2.36. The minimum absolute atomic E-state index is 0.155. The van der Waals surface area contributed by atoms with Gasteiger partial charge in [0.25, 0.3) is 0 Å². The van der Waals surface area contributed by atoms with Gasteiger partial charge in [-0.1, -0.05) is 30.9 Å². The molecule has 4 nitrogen and oxygen atoms in total. The molecule has 0 heterocycles. The van der Waals surface area contributed by atoms with Gasteiger partial charge in [0.2, 0.25) is 0 Å². The van der Waals surface area contributed by atoms with Crippen LogP contribution in [-0.2, 0) is 6.54 Å². The lowest BCUT2D eigenvalue weighted by Crippen LogP contribution is -2.49. The molecule has 0 saturated heterocycles. The maximum Gasteiger partial charge on any atom is 0.179 e. The first kappa shape index (κ1) is 16.4. The van der Waals surface area contributed by atoms with E-state index in [1.807, 2.05) is 12.1 Å². The fourth-order valence-electron chi connectivity index (χ4n) is 2.98. The highest BCUT2D eigenvalue weighted by atomic mass is 35.5. The molecule has 118 valence electrons. The molecule has 0 aliphatic heterocycles. The molecule has 21 heavy (non-hydrogen) atoms. The Bertz CT molecular complexity index is 473. The molecule has 1 aromatic carbocycles. The van der Waals surface area contributed by atoms with Crippen LogP contribution in [0.25, 0.3) is 0 Å². The summed E-state index contributed by atoms with van der Waals surface area (Å²) in [5.74, 6) is 1.18. The largest absolute Gasteiger partial charge is 0.493 e. The van der Waals surface area contributed by atoms with Gasteiger partial charge >= 0.3 is 0 Å². The summed E-state index contributed by atoms with van der Waals surface area (Å²) in [6, 6.07) is 3.80. The maximum absolute atomic E-state index is 9.72. The van der Waals surface area contributed by atoms with Crippen molar-refractivity contribution >= 4 is 11.6 Å². The maximum atomic E-state index is 9.72. The number of hydrogen-bond acceptors (Lipinski definition) is 4. The molecule has 2 rings (SSSR count). The third-order valence-corrected chi connectivity index (χ3v) is 4.55. The van der Waals surface area contributed by atoms with E-state index in [1.165, 1.54) is 19.3 Å². The van der Waals surface area contributed by atoms with E-state index in [2.05, 4.69) is 5.32 Å². The SMILES string of the molecule is COc1cc(CNC2(CO)CCCCC2)cc(Cl)c1OC. The van der Waals surface area contributed by atoms with Gasteiger partial charge in [-0.3, -0.25) is 0 Å². The molecule has 0 bridgehead atoms. The van der Waals surface area contributed by atoms with Crippen LogP contribution in [0.4, 0.5) is 0 Å². The van der Waals surface area contributed by atoms with Gasteiger partial charge in [-0.2, -0.15) is 0 Å². The van der Waals surface area contributed by atoms with Crippen molar-refractivity contribution in [1.29, 1.82) is 0 Å². The van der Waals surface area contributed by atoms with E-state index in [-0.39, 0.29) is 12.1 Å². The van der Waals surface area contributed by atoms with E-state index >= 15 is 0 Å². The summed E-state index contributed by atoms with van der Waals surface area (Å²) in [5.41, 5.74) is 0.869. The first-order valence-corrected chi connectivity index (χ1v) is 7.78. The Hall–Kier alpha value is -0.970. The summed E-state index contributed by atoms with van der Waals surface area (Å²) in [5, 5.41) is 13.8. The molecule has 5 heteroatoms. The quantitative estimate of drug-likeness (QED) is 0.847. The number of aliphatic hydroxyl groups is 1. The van der Waals surface area contributed by atoms with Gasteiger partial charge in [-0.15, -0.1) is 0 Å². The third kappa shape index (κ3) is 3.82. The van der Waals surface area contributed by atoms with Gasteiger partial charge in [-0.05, 0) is 30.5 Å². The molecule has 1 aromatic rings. The zero-order valence-electron chi connectivity index (χ0n) is 12.7. The highest BCUT2D eigenvalue weighted by molar-refractivity contribution is 6.32. The topological polar surface area (TPSA) is 50.7 Å². The summed E-state index contributed by atoms with van der Waals surface area (Å²) in [4.78, 5) is 0. The number of nitrogens with one attached hydrogen (secondary N) is 1. The van der Waals surface area contributed by atoms with Crippen LogP contribution in [0, 0.1) is 0 Å². The van der Waals surface area contributed by atoms with Gasteiger partial charge in [-0.25, -0.2) is 0 Å². The van der Waals surface area contributed by atoms with E-state index in [0.29, 0.717) is 23.1 Å². The lowest BCUT2D eigenvalue weighted by Gasteiger charge is -2.36. The molecule has 0 spiro atoms. The van der Waals surface area contributed by atoms with Crippen molar-refractivity contribution in [2.45, 2.75) is 44.2 Å². The van der Waals surface area contributed by atoms with Crippen LogP contribution in [0.15, 0.2) is 12.1 Å². The van der Waals surface area contributed by atoms with E-state index in [9.17, 15) is 5.11 Å². The van der Waals surface area contributed by atoms with Crippen LogP contribution in [0.1, 0.15) is 37.7 Å². The van der Waals surface area contributed by atoms with Crippen LogP contribution < -0.4 is 14.8 Å². The Morgan fingerprint density at radius 3 is 2.48 bits per heavy atom. The van der Waals surface area contributed by atoms with Crippen molar-refractivity contribution in [2.24, 2.45) is 0 Å². The summed E-state index contributed by atoms with van der Waals surface area (Å²) < 4.78 is 10.6. The third-order valence-electron chi connectivity index (χ3n) is 4.27. The first-order valence-electron chi connectivity index (χ1n) is 7.40. The van der Waals surface area contributed by atoms with Crippen molar-refractivity contribution in [2.75, 3.05) is 20.8 Å². The number of aliphatic hydroxyl groups excluding tert-OH is 1. The smallest absolute Gasteiger partial charge is 0.179 e. The van der Waals surface area contributed by atoms with Crippen LogP contribution in [0.2, 0.25) is 5.02 Å². The van der Waals surface area contributed by atoms with E-state index in [0.717, 1.165) is 18.4 Å². The molecule has 0 unspecified atom stereocenters. The molecule has 2 N–H and O–H groups in total. The number of hydrogen-bond donors (Lipinski definition) is 2. The van der Waals surface area contributed by atoms with Gasteiger partial charge in [0.05, 0.1) is 25.8 Å². The van der Waals surface area contributed by atoms with Gasteiger partial charge in [0.1, 0.15) is 0 Å². The lowest BCUT2D eigenvalue weighted by atomic mass is 9.82. The normalized spacial score (nSPS) is 17.5. The average Bonchev–Trinajstić information content (AvgIpc) is 2.53. The summed E-state index contributed by atoms with van der Waals surface area (Å²) in [6.07, 6.45) is 5.63. The van der Waals surface area contributed by atoms with Crippen molar-refractivity contribution in [3.63, 3.8) is 0 Å². The second-order valence-corrected chi connectivity index (χ2v) is 6.07. The predicted molar refractivity (Wildman–Crippen MR) is 84.3 cm³/mol. The zero-order valence-corrected chi connectivity index (χ0v) is 13.5. The van der Waals surface area contributed by atoms with Crippen molar-refractivity contribution in [3.8, 4) is 11.5 Å². The van der Waals surface area contributed by atoms with Crippen LogP contribution in [-0.4, -0.2) is 31.5 Å². The van der Waals surface area contributed by atoms with Gasteiger partial charge < -0.3 is 19.9 Å². The fourth-order valence-corrected chi connectivity index (χ4v) is 3.29. The van der Waals surface area contributed by atoms with E-state index < -0.39 is 0 Å². The fraction of sp³-hybridized carbons (Fsp3) is 0.625. The van der Waals surface area contributed by atoms with Crippen LogP contribution in [0.3, 0.4) is 0 Å². The average molecular weight is 314 g/mol. The number of rotatable bonds is 6. The van der Waals surface area contributed by atoms with Gasteiger partial charge in [0, 0.05) is 12.1 Å². The molecule has 0 amide bonds. The van der Waals surface area contributed by atoms with Crippen molar-refractivity contribution in [3.05, 3.63) is 22.7 Å². The zero-order chi connectivity index (χ0) is 15.3. The monoisotopic (exact) mass is 313 g/mol. The second-order valence-electron chi connectivity index (χ2n) is 5.67. The van der Waals surface area contributed by atoms with E-state index in [1.54, 1.807) is 14.2 Å². The molecule has 1 fully saturated rings. The van der Waals surface area contributed by atoms with E-state index in [4.69, 9.17) is 21.1 Å². The predicted octanol–water partition coefficient (Wildman–Crippen LogP) is 3.14. The van der Waals surface area contributed by atoms with Crippen molar-refractivity contribution in [1.82, 2.24) is 5.32 Å². The standard InChI is InChI=1S/C16H24ClNO3/c1-20-14-9-12(8-13(17)15(14)21-2)10-18-16(11-19)6-4-3-5-7-16/h8-9,18-19H,3-7,10-11H2,1-2H3. The first-order chi connectivity index (χ1) is 10.1. The second kappa shape index (κ2) is 7.34. The Kier molecular flexibility index (Phi) is 5.73. The van der Waals surface area contributed by atoms with Crippen LogP contribution >= 0.6 is 11.6 Å². The molecule has 0 radical (unpaired) electrons. The number of ether oxygens (including phenoxy) is 2. The molecule has 1 aliphatic carbocycles. The minimum Gasteiger partial charge on any atom is -0.493 e. The summed E-state index contributed by atoms with van der Waals surface area (Å²) >= 11 is 6.22. The molecule has 0 atom stereocenters. The summed E-state index contributed by atoms with van der Waals surface area (Å²) in [6.45, 7) is 0.828. The molecule has 0 aromatic heterocycles. The Labute approximate surface area is 131 Å². The Morgan fingerprint density at radius 1 is 1.19 bits per heavy atom. The lowest BCUT2D eigenvalue weighted by molar-refractivity contribution is 0.119. The number of benzene rings is 1. The van der Waals surface area contributed by atoms with Crippen LogP contribution in [0.5, 0.6) is 11.5 Å². The molecular formula is C16H24ClNO3. The Morgan fingerprint density at radius 2 is 1.90 bits per heavy atom. The summed E-state index contributed by atoms with van der Waals surface area (Å²) in [7, 11) is 3.17.